The summed E-state index contributed by atoms with van der Waals surface area (Å²) in [5.41, 5.74) is 5.21. The molecule has 0 aromatic carbocycles. The van der Waals surface area contributed by atoms with E-state index in [4.69, 9.17) is 0 Å². The molecule has 0 heteroatoms. The van der Waals surface area contributed by atoms with Crippen LogP contribution in [0.15, 0.2) is 47.6 Å². The van der Waals surface area contributed by atoms with Gasteiger partial charge >= 0.3 is 0 Å². The van der Waals surface area contributed by atoms with Crippen molar-refractivity contribution in [1.29, 1.82) is 0 Å². The van der Waals surface area contributed by atoms with Gasteiger partial charge in [0.2, 0.25) is 0 Å². The van der Waals surface area contributed by atoms with Crippen molar-refractivity contribution < 1.29 is 0 Å². The van der Waals surface area contributed by atoms with Crippen LogP contribution in [0.25, 0.3) is 0 Å². The molecule has 0 aromatic heterocycles. The van der Waals surface area contributed by atoms with E-state index in [0.29, 0.717) is 5.41 Å². The van der Waals surface area contributed by atoms with Crippen LogP contribution in [-0.2, 0) is 0 Å². The fourth-order valence-corrected chi connectivity index (χ4v) is 6.52. The number of rotatable bonds is 5. The van der Waals surface area contributed by atoms with E-state index in [2.05, 4.69) is 44.7 Å². The average Bonchev–Trinajstić information content (AvgIpc) is 3.40. The summed E-state index contributed by atoms with van der Waals surface area (Å²) < 4.78 is 0. The minimum Gasteiger partial charge on any atom is -0.0956 e. The lowest BCUT2D eigenvalue weighted by atomic mass is 9.61. The lowest BCUT2D eigenvalue weighted by Gasteiger charge is -2.44. The molecule has 4 fully saturated rings. The molecule has 0 spiro atoms. The van der Waals surface area contributed by atoms with Gasteiger partial charge in [0.15, 0.2) is 0 Å². The maximum atomic E-state index is 4.31. The Morgan fingerprint density at radius 1 is 1.04 bits per heavy atom. The molecule has 0 saturated heterocycles. The van der Waals surface area contributed by atoms with E-state index in [0.717, 1.165) is 23.7 Å². The van der Waals surface area contributed by atoms with Gasteiger partial charge in [0.25, 0.3) is 0 Å². The van der Waals surface area contributed by atoms with Crippen molar-refractivity contribution >= 4 is 0 Å². The highest BCUT2D eigenvalue weighted by molar-refractivity contribution is 5.35. The molecule has 4 aliphatic rings. The SMILES string of the molecule is C=C1CCCC/C1=C/C=C1\CCC[C@@]2(C)C1CC[C@@H]2[C@H](C)/C=C/CC1CC1. The topological polar surface area (TPSA) is 0 Å². The fraction of sp³-hybridized carbons (Fsp3) is 0.704. The summed E-state index contributed by atoms with van der Waals surface area (Å²) in [6.07, 6.45) is 26.5. The van der Waals surface area contributed by atoms with Gasteiger partial charge < -0.3 is 0 Å². The number of fused-ring (bicyclic) bond motifs is 1. The van der Waals surface area contributed by atoms with E-state index < -0.39 is 0 Å². The van der Waals surface area contributed by atoms with Gasteiger partial charge in [-0.3, -0.25) is 0 Å². The van der Waals surface area contributed by atoms with Crippen LogP contribution >= 0.6 is 0 Å². The third kappa shape index (κ3) is 4.20. The van der Waals surface area contributed by atoms with Crippen LogP contribution in [0.4, 0.5) is 0 Å². The molecule has 27 heavy (non-hydrogen) atoms. The Bertz CT molecular complexity index is 641. The molecule has 148 valence electrons. The Balaban J connectivity index is 1.46. The molecule has 0 aliphatic heterocycles. The van der Waals surface area contributed by atoms with E-state index in [1.54, 1.807) is 5.57 Å². The van der Waals surface area contributed by atoms with Crippen LogP contribution in [0, 0.1) is 29.1 Å². The molecule has 0 nitrogen and oxygen atoms in total. The van der Waals surface area contributed by atoms with Crippen molar-refractivity contribution in [1.82, 2.24) is 0 Å². The molecule has 4 aliphatic carbocycles. The molecule has 0 aromatic rings. The van der Waals surface area contributed by atoms with Gasteiger partial charge in [0, 0.05) is 0 Å². The first-order valence-electron chi connectivity index (χ1n) is 11.8. The number of hydrogen-bond acceptors (Lipinski definition) is 0. The first-order valence-corrected chi connectivity index (χ1v) is 11.8. The molecule has 0 radical (unpaired) electrons. The number of allylic oxidation sites excluding steroid dienone is 7. The van der Waals surface area contributed by atoms with Crippen LogP contribution in [0.2, 0.25) is 0 Å². The van der Waals surface area contributed by atoms with Crippen LogP contribution in [0.3, 0.4) is 0 Å². The first-order chi connectivity index (χ1) is 13.1. The Labute approximate surface area is 167 Å². The summed E-state index contributed by atoms with van der Waals surface area (Å²) in [6.45, 7) is 9.43. The van der Waals surface area contributed by atoms with Gasteiger partial charge in [-0.1, -0.05) is 55.9 Å². The van der Waals surface area contributed by atoms with Crippen molar-refractivity contribution in [3.63, 3.8) is 0 Å². The molecule has 0 amide bonds. The second-order valence-corrected chi connectivity index (χ2v) is 10.3. The van der Waals surface area contributed by atoms with Crippen molar-refractivity contribution in [2.45, 2.75) is 90.9 Å². The molecule has 0 bridgehead atoms. The number of hydrogen-bond donors (Lipinski definition) is 0. The summed E-state index contributed by atoms with van der Waals surface area (Å²) in [6, 6.07) is 0. The summed E-state index contributed by atoms with van der Waals surface area (Å²) in [5.74, 6) is 3.46. The van der Waals surface area contributed by atoms with E-state index in [-0.39, 0.29) is 0 Å². The van der Waals surface area contributed by atoms with E-state index >= 15 is 0 Å². The average molecular weight is 365 g/mol. The van der Waals surface area contributed by atoms with Crippen LogP contribution in [0.1, 0.15) is 90.9 Å². The quantitative estimate of drug-likeness (QED) is 0.431. The summed E-state index contributed by atoms with van der Waals surface area (Å²) >= 11 is 0. The molecule has 0 N–H and O–H groups in total. The minimum atomic E-state index is 0.523. The Morgan fingerprint density at radius 3 is 2.63 bits per heavy atom. The van der Waals surface area contributed by atoms with Crippen molar-refractivity contribution in [3.05, 3.63) is 47.6 Å². The summed E-state index contributed by atoms with van der Waals surface area (Å²) in [5, 5.41) is 0. The van der Waals surface area contributed by atoms with Crippen LogP contribution in [0.5, 0.6) is 0 Å². The second kappa shape index (κ2) is 8.14. The fourth-order valence-electron chi connectivity index (χ4n) is 6.52. The Morgan fingerprint density at radius 2 is 1.85 bits per heavy atom. The van der Waals surface area contributed by atoms with Crippen molar-refractivity contribution in [3.8, 4) is 0 Å². The molecule has 4 atom stereocenters. The summed E-state index contributed by atoms with van der Waals surface area (Å²) in [4.78, 5) is 0. The third-order valence-electron chi connectivity index (χ3n) is 8.41. The monoisotopic (exact) mass is 364 g/mol. The van der Waals surface area contributed by atoms with E-state index in [9.17, 15) is 0 Å². The summed E-state index contributed by atoms with van der Waals surface area (Å²) in [7, 11) is 0. The van der Waals surface area contributed by atoms with Crippen LogP contribution in [-0.4, -0.2) is 0 Å². The molecular formula is C27H40. The highest BCUT2D eigenvalue weighted by Crippen LogP contribution is 2.59. The zero-order chi connectivity index (χ0) is 18.9. The van der Waals surface area contributed by atoms with Gasteiger partial charge in [0.1, 0.15) is 0 Å². The lowest BCUT2D eigenvalue weighted by Crippen LogP contribution is -2.35. The van der Waals surface area contributed by atoms with Gasteiger partial charge in [-0.05, 0) is 112 Å². The molecule has 0 heterocycles. The van der Waals surface area contributed by atoms with Crippen molar-refractivity contribution in [2.24, 2.45) is 29.1 Å². The minimum absolute atomic E-state index is 0.523. The Hall–Kier alpha value is -1.04. The Kier molecular flexibility index (Phi) is 5.81. The molecule has 1 unspecified atom stereocenters. The van der Waals surface area contributed by atoms with Crippen molar-refractivity contribution in [2.75, 3.05) is 0 Å². The lowest BCUT2D eigenvalue weighted by molar-refractivity contribution is 0.112. The maximum absolute atomic E-state index is 4.31. The predicted molar refractivity (Wildman–Crippen MR) is 118 cm³/mol. The van der Waals surface area contributed by atoms with Gasteiger partial charge in [-0.2, -0.15) is 0 Å². The van der Waals surface area contributed by atoms with Crippen LogP contribution < -0.4 is 0 Å². The maximum Gasteiger partial charge on any atom is -0.0143 e. The highest BCUT2D eigenvalue weighted by atomic mass is 14.5. The molecule has 4 saturated carbocycles. The van der Waals surface area contributed by atoms with Gasteiger partial charge in [0.05, 0.1) is 0 Å². The highest BCUT2D eigenvalue weighted by Gasteiger charge is 2.50. The first kappa shape index (κ1) is 19.3. The third-order valence-corrected chi connectivity index (χ3v) is 8.41. The molecular weight excluding hydrogens is 324 g/mol. The smallest absolute Gasteiger partial charge is 0.0143 e. The normalized spacial score (nSPS) is 38.7. The van der Waals surface area contributed by atoms with E-state index in [1.807, 2.05) is 0 Å². The van der Waals surface area contributed by atoms with Gasteiger partial charge in [-0.15, -0.1) is 0 Å². The molecule has 4 rings (SSSR count). The standard InChI is InChI=1S/C27H40/c1-20-8-4-5-11-23(20)15-16-24-12-7-19-27(3)25(17-18-26(24)27)21(2)9-6-10-22-13-14-22/h6,9,15-16,21-22,25-26H,1,4-5,7-8,10-14,17-19H2,2-3H3/b9-6+,23-15-,24-16+/t21-,25-,26?,27-/m1/s1. The zero-order valence-electron chi connectivity index (χ0n) is 17.8. The largest absolute Gasteiger partial charge is 0.0956 e. The van der Waals surface area contributed by atoms with Gasteiger partial charge in [-0.25, -0.2) is 0 Å². The predicted octanol–water partition coefficient (Wildman–Crippen LogP) is 8.18. The van der Waals surface area contributed by atoms with E-state index in [1.165, 1.54) is 88.2 Å². The zero-order valence-corrected chi connectivity index (χ0v) is 17.8. The second-order valence-electron chi connectivity index (χ2n) is 10.3.